The molecule has 1 fully saturated rings. The van der Waals surface area contributed by atoms with Gasteiger partial charge in [0.1, 0.15) is 11.4 Å². The van der Waals surface area contributed by atoms with E-state index in [0.717, 1.165) is 25.7 Å². The number of rotatable bonds is 3. The minimum atomic E-state index is -0.258. The summed E-state index contributed by atoms with van der Waals surface area (Å²) in [6.07, 6.45) is 4.32. The van der Waals surface area contributed by atoms with Gasteiger partial charge in [-0.15, -0.1) is 0 Å². The summed E-state index contributed by atoms with van der Waals surface area (Å²) in [5, 5.41) is 4.23. The van der Waals surface area contributed by atoms with E-state index in [1.807, 2.05) is 0 Å². The van der Waals surface area contributed by atoms with Crippen molar-refractivity contribution in [2.45, 2.75) is 31.7 Å². The third-order valence-corrected chi connectivity index (χ3v) is 3.99. The van der Waals surface area contributed by atoms with Crippen molar-refractivity contribution in [3.63, 3.8) is 0 Å². The van der Waals surface area contributed by atoms with E-state index in [0.29, 0.717) is 22.2 Å². The van der Waals surface area contributed by atoms with Crippen LogP contribution in [0.2, 0.25) is 0 Å². The van der Waals surface area contributed by atoms with Crippen LogP contribution in [-0.4, -0.2) is 24.0 Å². The van der Waals surface area contributed by atoms with E-state index in [2.05, 4.69) is 10.3 Å². The molecule has 0 atom stereocenters. The third kappa shape index (κ3) is 2.77. The molecule has 0 spiro atoms. The van der Waals surface area contributed by atoms with Crippen molar-refractivity contribution in [2.24, 2.45) is 0 Å². The molecule has 0 saturated heterocycles. The van der Waals surface area contributed by atoms with E-state index < -0.39 is 0 Å². The second-order valence-electron chi connectivity index (χ2n) is 5.42. The minimum absolute atomic E-state index is 0.219. The third-order valence-electron chi connectivity index (χ3n) is 3.99. The van der Waals surface area contributed by atoms with Gasteiger partial charge in [-0.05, 0) is 42.5 Å². The fraction of sp³-hybridized carbons (Fsp3) is 0.375. The number of methoxy groups -OCH3 is 1. The average Bonchev–Trinajstić information content (AvgIpc) is 2.99. The SMILES string of the molecule is COc1ccc2c(=O)[nH]c(C(=O)NC3CCCC3)cc2c1. The van der Waals surface area contributed by atoms with E-state index in [4.69, 9.17) is 4.74 Å². The first kappa shape index (κ1) is 13.7. The topological polar surface area (TPSA) is 71.2 Å². The van der Waals surface area contributed by atoms with Gasteiger partial charge in [-0.3, -0.25) is 9.59 Å². The minimum Gasteiger partial charge on any atom is -0.497 e. The Bertz CT molecular complexity index is 730. The van der Waals surface area contributed by atoms with Crippen LogP contribution in [0.5, 0.6) is 5.75 Å². The molecule has 21 heavy (non-hydrogen) atoms. The molecule has 1 aromatic carbocycles. The highest BCUT2D eigenvalue weighted by atomic mass is 16.5. The number of aromatic amines is 1. The maximum atomic E-state index is 12.2. The average molecular weight is 286 g/mol. The highest BCUT2D eigenvalue weighted by molar-refractivity contribution is 5.96. The zero-order valence-corrected chi connectivity index (χ0v) is 11.9. The Morgan fingerprint density at radius 3 is 2.76 bits per heavy atom. The number of fused-ring (bicyclic) bond motifs is 1. The molecule has 5 heteroatoms. The fourth-order valence-corrected chi connectivity index (χ4v) is 2.83. The van der Waals surface area contributed by atoms with E-state index in [-0.39, 0.29) is 17.5 Å². The number of nitrogens with one attached hydrogen (secondary N) is 2. The number of hydrogen-bond acceptors (Lipinski definition) is 3. The number of amides is 1. The molecule has 0 unspecified atom stereocenters. The zero-order valence-electron chi connectivity index (χ0n) is 11.9. The molecule has 2 aromatic rings. The number of aromatic nitrogens is 1. The largest absolute Gasteiger partial charge is 0.497 e. The lowest BCUT2D eigenvalue weighted by atomic mass is 10.1. The van der Waals surface area contributed by atoms with Crippen molar-refractivity contribution < 1.29 is 9.53 Å². The Kier molecular flexibility index (Phi) is 3.64. The Hall–Kier alpha value is -2.30. The Balaban J connectivity index is 1.94. The second-order valence-corrected chi connectivity index (χ2v) is 5.42. The summed E-state index contributed by atoms with van der Waals surface area (Å²) in [5.74, 6) is 0.443. The number of carbonyl (C=O) groups is 1. The maximum Gasteiger partial charge on any atom is 0.268 e. The molecular weight excluding hydrogens is 268 g/mol. The molecule has 0 aliphatic heterocycles. The van der Waals surface area contributed by atoms with Crippen LogP contribution >= 0.6 is 0 Å². The summed E-state index contributed by atoms with van der Waals surface area (Å²) in [7, 11) is 1.57. The normalized spacial score (nSPS) is 15.3. The van der Waals surface area contributed by atoms with Crippen LogP contribution in [0, 0.1) is 0 Å². The van der Waals surface area contributed by atoms with Crippen LogP contribution in [0.1, 0.15) is 36.2 Å². The van der Waals surface area contributed by atoms with E-state index >= 15 is 0 Å². The number of benzene rings is 1. The number of hydrogen-bond donors (Lipinski definition) is 2. The molecule has 1 aromatic heterocycles. The second kappa shape index (κ2) is 5.60. The summed E-state index contributed by atoms with van der Waals surface area (Å²) in [4.78, 5) is 27.0. The van der Waals surface area contributed by atoms with Crippen molar-refractivity contribution in [2.75, 3.05) is 7.11 Å². The van der Waals surface area contributed by atoms with Crippen molar-refractivity contribution in [1.29, 1.82) is 0 Å². The molecule has 1 amide bonds. The van der Waals surface area contributed by atoms with Gasteiger partial charge in [-0.1, -0.05) is 12.8 Å². The van der Waals surface area contributed by atoms with Crippen LogP contribution in [0.4, 0.5) is 0 Å². The van der Waals surface area contributed by atoms with Crippen LogP contribution in [0.3, 0.4) is 0 Å². The molecule has 0 bridgehead atoms. The van der Waals surface area contributed by atoms with Crippen LogP contribution in [0.15, 0.2) is 29.1 Å². The molecule has 1 saturated carbocycles. The van der Waals surface area contributed by atoms with Crippen molar-refractivity contribution in [3.8, 4) is 5.75 Å². The monoisotopic (exact) mass is 286 g/mol. The van der Waals surface area contributed by atoms with Gasteiger partial charge in [0.2, 0.25) is 0 Å². The zero-order chi connectivity index (χ0) is 14.8. The smallest absolute Gasteiger partial charge is 0.268 e. The van der Waals surface area contributed by atoms with E-state index in [1.54, 1.807) is 31.4 Å². The molecule has 2 N–H and O–H groups in total. The number of ether oxygens (including phenoxy) is 1. The molecule has 1 aliphatic carbocycles. The van der Waals surface area contributed by atoms with Gasteiger partial charge in [0.05, 0.1) is 7.11 Å². The van der Waals surface area contributed by atoms with E-state index in [1.165, 1.54) is 0 Å². The quantitative estimate of drug-likeness (QED) is 0.908. The standard InChI is InChI=1S/C16H18N2O3/c1-21-12-6-7-13-10(8-12)9-14(18-15(13)19)16(20)17-11-4-2-3-5-11/h6-9,11H,2-5H2,1H3,(H,17,20)(H,18,19). The molecular formula is C16H18N2O3. The first-order valence-electron chi connectivity index (χ1n) is 7.19. The summed E-state index contributed by atoms with van der Waals surface area (Å²) in [6, 6.07) is 7.11. The summed E-state index contributed by atoms with van der Waals surface area (Å²) < 4.78 is 5.16. The molecule has 3 rings (SSSR count). The lowest BCUT2D eigenvalue weighted by Crippen LogP contribution is -2.34. The molecule has 110 valence electrons. The number of carbonyl (C=O) groups excluding carboxylic acids is 1. The number of pyridine rings is 1. The molecule has 1 aliphatic rings. The molecule has 0 radical (unpaired) electrons. The van der Waals surface area contributed by atoms with Crippen molar-refractivity contribution in [3.05, 3.63) is 40.3 Å². The van der Waals surface area contributed by atoms with Crippen LogP contribution in [0.25, 0.3) is 10.8 Å². The maximum absolute atomic E-state index is 12.2. The van der Waals surface area contributed by atoms with Gasteiger partial charge in [0.25, 0.3) is 11.5 Å². The van der Waals surface area contributed by atoms with Gasteiger partial charge < -0.3 is 15.0 Å². The predicted molar refractivity (Wildman–Crippen MR) is 80.8 cm³/mol. The summed E-state index contributed by atoms with van der Waals surface area (Å²) in [5.41, 5.74) is 0.0411. The van der Waals surface area contributed by atoms with Crippen molar-refractivity contribution >= 4 is 16.7 Å². The van der Waals surface area contributed by atoms with Gasteiger partial charge in [0.15, 0.2) is 0 Å². The Morgan fingerprint density at radius 1 is 1.29 bits per heavy atom. The molecule has 1 heterocycles. The van der Waals surface area contributed by atoms with Gasteiger partial charge in [-0.25, -0.2) is 0 Å². The lowest BCUT2D eigenvalue weighted by Gasteiger charge is -2.12. The van der Waals surface area contributed by atoms with E-state index in [9.17, 15) is 9.59 Å². The fourth-order valence-electron chi connectivity index (χ4n) is 2.83. The van der Waals surface area contributed by atoms with Gasteiger partial charge >= 0.3 is 0 Å². The predicted octanol–water partition coefficient (Wildman–Crippen LogP) is 2.21. The first-order chi connectivity index (χ1) is 10.2. The van der Waals surface area contributed by atoms with Crippen LogP contribution < -0.4 is 15.6 Å². The van der Waals surface area contributed by atoms with Gasteiger partial charge in [-0.2, -0.15) is 0 Å². The van der Waals surface area contributed by atoms with Crippen LogP contribution in [-0.2, 0) is 0 Å². The first-order valence-corrected chi connectivity index (χ1v) is 7.19. The highest BCUT2D eigenvalue weighted by Crippen LogP contribution is 2.20. The lowest BCUT2D eigenvalue weighted by molar-refractivity contribution is 0.0933. The van der Waals surface area contributed by atoms with Gasteiger partial charge in [0, 0.05) is 11.4 Å². The summed E-state index contributed by atoms with van der Waals surface area (Å²) in [6.45, 7) is 0. The Labute approximate surface area is 122 Å². The number of H-pyrrole nitrogens is 1. The molecule has 5 nitrogen and oxygen atoms in total. The van der Waals surface area contributed by atoms with Crippen molar-refractivity contribution in [1.82, 2.24) is 10.3 Å². The summed E-state index contributed by atoms with van der Waals surface area (Å²) >= 11 is 0. The Morgan fingerprint density at radius 2 is 2.05 bits per heavy atom. The highest BCUT2D eigenvalue weighted by Gasteiger charge is 2.18.